The van der Waals surface area contributed by atoms with Crippen LogP contribution in [0.1, 0.15) is 18.7 Å². The third kappa shape index (κ3) is 6.06. The number of aromatic nitrogens is 2. The second kappa shape index (κ2) is 9.35. The molecule has 2 heterocycles. The Morgan fingerprint density at radius 2 is 2.35 bits per heavy atom. The Hall–Kier alpha value is -1.82. The van der Waals surface area contributed by atoms with Gasteiger partial charge in [-0.25, -0.2) is 0 Å². The van der Waals surface area contributed by atoms with E-state index in [2.05, 4.69) is 53.7 Å². The van der Waals surface area contributed by atoms with Crippen molar-refractivity contribution in [3.05, 3.63) is 40.8 Å². The van der Waals surface area contributed by atoms with Crippen molar-refractivity contribution in [2.75, 3.05) is 26.7 Å². The topological polar surface area (TPSA) is 45.5 Å². The molecule has 23 heavy (non-hydrogen) atoms. The van der Waals surface area contributed by atoms with Gasteiger partial charge in [0, 0.05) is 50.5 Å². The van der Waals surface area contributed by atoms with Gasteiger partial charge >= 0.3 is 0 Å². The molecule has 0 spiro atoms. The van der Waals surface area contributed by atoms with Crippen molar-refractivity contribution in [2.24, 2.45) is 10.9 Å². The molecule has 0 fully saturated rings. The lowest BCUT2D eigenvalue weighted by Gasteiger charge is -2.22. The van der Waals surface area contributed by atoms with E-state index < -0.39 is 0 Å². The van der Waals surface area contributed by atoms with E-state index in [4.69, 9.17) is 4.99 Å². The molecule has 0 radical (unpaired) electrons. The van der Waals surface area contributed by atoms with Gasteiger partial charge in [0.05, 0.1) is 0 Å². The van der Waals surface area contributed by atoms with Crippen LogP contribution in [0, 0.1) is 5.92 Å². The smallest absolute Gasteiger partial charge is 0.193 e. The zero-order chi connectivity index (χ0) is 16.5. The van der Waals surface area contributed by atoms with Crippen LogP contribution in [0.3, 0.4) is 0 Å². The summed E-state index contributed by atoms with van der Waals surface area (Å²) >= 11 is 1.81. The third-order valence-electron chi connectivity index (χ3n) is 3.58. The number of nitrogens with zero attached hydrogens (tertiary/aromatic N) is 4. The molecule has 1 unspecified atom stereocenters. The number of aliphatic imine (C=N–C) groups is 1. The van der Waals surface area contributed by atoms with Crippen molar-refractivity contribution in [3.8, 4) is 0 Å². The molecule has 6 heteroatoms. The Bertz CT molecular complexity index is 562. The molecule has 1 atom stereocenters. The molecule has 0 aromatic carbocycles. The quantitative estimate of drug-likeness (QED) is 0.597. The largest absolute Gasteiger partial charge is 0.357 e. The second-order valence-electron chi connectivity index (χ2n) is 5.78. The molecular weight excluding hydrogens is 306 g/mol. The Labute approximate surface area is 143 Å². The van der Waals surface area contributed by atoms with Crippen LogP contribution in [0.5, 0.6) is 0 Å². The molecule has 0 amide bonds. The van der Waals surface area contributed by atoms with Crippen LogP contribution in [0.15, 0.2) is 41.0 Å². The predicted molar refractivity (Wildman–Crippen MR) is 98.0 cm³/mol. The van der Waals surface area contributed by atoms with E-state index in [0.717, 1.165) is 38.6 Å². The predicted octanol–water partition coefficient (Wildman–Crippen LogP) is 2.72. The minimum atomic E-state index is 0.453. The molecule has 0 aliphatic heterocycles. The molecule has 2 rings (SSSR count). The van der Waals surface area contributed by atoms with Crippen LogP contribution >= 0.6 is 11.3 Å². The number of hydrogen-bond acceptors (Lipinski definition) is 3. The maximum Gasteiger partial charge on any atom is 0.193 e. The lowest BCUT2D eigenvalue weighted by molar-refractivity contribution is 0.447. The van der Waals surface area contributed by atoms with Crippen molar-refractivity contribution in [1.82, 2.24) is 20.0 Å². The lowest BCUT2D eigenvalue weighted by Crippen LogP contribution is -2.40. The molecule has 0 aliphatic rings. The van der Waals surface area contributed by atoms with Gasteiger partial charge < -0.3 is 10.2 Å². The highest BCUT2D eigenvalue weighted by Gasteiger charge is 2.08. The lowest BCUT2D eigenvalue weighted by atomic mass is 10.2. The minimum Gasteiger partial charge on any atom is -0.357 e. The molecular formula is C17H27N5S. The van der Waals surface area contributed by atoms with Crippen LogP contribution in [0.25, 0.3) is 0 Å². The number of thiophene rings is 1. The highest BCUT2D eigenvalue weighted by atomic mass is 32.1. The summed E-state index contributed by atoms with van der Waals surface area (Å²) in [4.78, 5) is 8.42. The van der Waals surface area contributed by atoms with E-state index in [-0.39, 0.29) is 0 Å². The molecule has 0 saturated carbocycles. The first-order valence-electron chi connectivity index (χ1n) is 8.18. The average Bonchev–Trinajstić information content (AvgIpc) is 3.22. The van der Waals surface area contributed by atoms with Gasteiger partial charge in [-0.15, -0.1) is 11.3 Å². The first-order chi connectivity index (χ1) is 11.2. The summed E-state index contributed by atoms with van der Waals surface area (Å²) in [5, 5.41) is 9.77. The first kappa shape index (κ1) is 17.5. The highest BCUT2D eigenvalue weighted by molar-refractivity contribution is 7.09. The van der Waals surface area contributed by atoms with E-state index in [1.165, 1.54) is 4.88 Å². The van der Waals surface area contributed by atoms with Crippen LogP contribution in [-0.2, 0) is 13.0 Å². The average molecular weight is 334 g/mol. The van der Waals surface area contributed by atoms with E-state index in [1.54, 1.807) is 0 Å². The Kier molecular flexibility index (Phi) is 7.13. The first-order valence-corrected chi connectivity index (χ1v) is 9.06. The van der Waals surface area contributed by atoms with Crippen molar-refractivity contribution >= 4 is 17.3 Å². The van der Waals surface area contributed by atoms with E-state index in [1.807, 2.05) is 34.5 Å². The zero-order valence-electron chi connectivity index (χ0n) is 14.3. The van der Waals surface area contributed by atoms with Crippen LogP contribution in [0.4, 0.5) is 0 Å². The van der Waals surface area contributed by atoms with Gasteiger partial charge in [0.25, 0.3) is 0 Å². The number of likely N-dealkylation sites (N-methyl/N-ethyl adjacent to an activating group) is 1. The highest BCUT2D eigenvalue weighted by Crippen LogP contribution is 2.09. The van der Waals surface area contributed by atoms with Gasteiger partial charge in [-0.3, -0.25) is 9.67 Å². The minimum absolute atomic E-state index is 0.453. The number of hydrogen-bond donors (Lipinski definition) is 1. The molecule has 126 valence electrons. The summed E-state index contributed by atoms with van der Waals surface area (Å²) in [6.07, 6.45) is 4.87. The Morgan fingerprint density at radius 1 is 1.48 bits per heavy atom. The number of nitrogens with one attached hydrogen (secondary N) is 1. The van der Waals surface area contributed by atoms with E-state index >= 15 is 0 Å². The van der Waals surface area contributed by atoms with E-state index in [9.17, 15) is 0 Å². The molecule has 0 aliphatic carbocycles. The summed E-state index contributed by atoms with van der Waals surface area (Å²) in [6.45, 7) is 7.87. The van der Waals surface area contributed by atoms with Crippen LogP contribution in [-0.4, -0.2) is 47.3 Å². The molecule has 0 bridgehead atoms. The Morgan fingerprint density at radius 3 is 3.00 bits per heavy atom. The molecule has 1 N–H and O–H groups in total. The summed E-state index contributed by atoms with van der Waals surface area (Å²) in [6, 6.07) is 6.25. The van der Waals surface area contributed by atoms with Gasteiger partial charge in [0.2, 0.25) is 0 Å². The van der Waals surface area contributed by atoms with Gasteiger partial charge in [-0.1, -0.05) is 13.0 Å². The number of rotatable bonds is 8. The Balaban J connectivity index is 1.85. The third-order valence-corrected chi connectivity index (χ3v) is 4.52. The standard InChI is InChI=1S/C17H27N5S/c1-4-18-17(21(3)11-8-16-7-5-12-23-16)19-13-15(2)14-22-10-6-9-20-22/h5-7,9-10,12,15H,4,8,11,13-14H2,1-3H3,(H,18,19). The zero-order valence-corrected chi connectivity index (χ0v) is 15.1. The maximum atomic E-state index is 4.79. The maximum absolute atomic E-state index is 4.79. The van der Waals surface area contributed by atoms with Crippen molar-refractivity contribution in [2.45, 2.75) is 26.8 Å². The summed E-state index contributed by atoms with van der Waals surface area (Å²) < 4.78 is 1.97. The van der Waals surface area contributed by atoms with Crippen molar-refractivity contribution in [3.63, 3.8) is 0 Å². The van der Waals surface area contributed by atoms with Crippen molar-refractivity contribution in [1.29, 1.82) is 0 Å². The van der Waals surface area contributed by atoms with Gasteiger partial charge in [-0.2, -0.15) is 5.10 Å². The van der Waals surface area contributed by atoms with Crippen LogP contribution < -0.4 is 5.32 Å². The fourth-order valence-electron chi connectivity index (χ4n) is 2.34. The SMILES string of the molecule is CCNC(=NCC(C)Cn1cccn1)N(C)CCc1cccs1. The summed E-state index contributed by atoms with van der Waals surface area (Å²) in [7, 11) is 2.10. The summed E-state index contributed by atoms with van der Waals surface area (Å²) in [5.74, 6) is 1.44. The normalized spacial score (nSPS) is 13.1. The second-order valence-corrected chi connectivity index (χ2v) is 6.81. The van der Waals surface area contributed by atoms with Crippen LogP contribution in [0.2, 0.25) is 0 Å². The van der Waals surface area contributed by atoms with Gasteiger partial charge in [0.1, 0.15) is 0 Å². The fraction of sp³-hybridized carbons (Fsp3) is 0.529. The molecule has 2 aromatic heterocycles. The van der Waals surface area contributed by atoms with Crippen molar-refractivity contribution < 1.29 is 0 Å². The van der Waals surface area contributed by atoms with Gasteiger partial charge in [0.15, 0.2) is 5.96 Å². The summed E-state index contributed by atoms with van der Waals surface area (Å²) in [5.41, 5.74) is 0. The van der Waals surface area contributed by atoms with E-state index in [0.29, 0.717) is 5.92 Å². The molecule has 2 aromatic rings. The van der Waals surface area contributed by atoms with Gasteiger partial charge in [-0.05, 0) is 36.8 Å². The fourth-order valence-corrected chi connectivity index (χ4v) is 3.03. The molecule has 0 saturated heterocycles. The monoisotopic (exact) mass is 333 g/mol. The number of guanidine groups is 1. The molecule has 5 nitrogen and oxygen atoms in total.